The van der Waals surface area contributed by atoms with E-state index in [1.807, 2.05) is 46.5 Å². The van der Waals surface area contributed by atoms with Crippen LogP contribution in [-0.4, -0.2) is 17.8 Å². The molecule has 0 radical (unpaired) electrons. The molecule has 1 nitrogen and oxygen atoms in total. The Bertz CT molecular complexity index is 98.3. The molecular formula is C11H27NS. The van der Waals surface area contributed by atoms with Gasteiger partial charge in [0.15, 0.2) is 0 Å². The standard InChI is InChI=1S/C7H15NS.2C2H6/c1-5-9-7(8-4)6(2)3;2*1-2/h6H,5H2,1-4H3;2*1-2H3. The van der Waals surface area contributed by atoms with Crippen LogP contribution in [0.3, 0.4) is 0 Å². The van der Waals surface area contributed by atoms with E-state index in [0.717, 1.165) is 5.75 Å². The summed E-state index contributed by atoms with van der Waals surface area (Å²) < 4.78 is 0. The lowest BCUT2D eigenvalue weighted by atomic mass is 10.2. The van der Waals surface area contributed by atoms with Crippen molar-refractivity contribution >= 4 is 16.8 Å². The maximum absolute atomic E-state index is 4.16. The zero-order valence-electron chi connectivity index (χ0n) is 10.6. The number of nitrogens with zero attached hydrogens (tertiary/aromatic N) is 1. The molecule has 0 fully saturated rings. The molecule has 0 saturated carbocycles. The van der Waals surface area contributed by atoms with Crippen LogP contribution in [0.4, 0.5) is 0 Å². The molecule has 0 saturated heterocycles. The largest absolute Gasteiger partial charge is 0.286 e. The summed E-state index contributed by atoms with van der Waals surface area (Å²) in [5.41, 5.74) is 0. The van der Waals surface area contributed by atoms with Crippen molar-refractivity contribution in [3.05, 3.63) is 0 Å². The second-order valence-electron chi connectivity index (χ2n) is 2.15. The van der Waals surface area contributed by atoms with Crippen molar-refractivity contribution in [1.82, 2.24) is 0 Å². The van der Waals surface area contributed by atoms with Gasteiger partial charge in [-0.05, 0) is 5.75 Å². The molecule has 0 aliphatic rings. The smallest absolute Gasteiger partial charge is 0.0697 e. The molecule has 0 heterocycles. The van der Waals surface area contributed by atoms with E-state index in [0.29, 0.717) is 5.92 Å². The fraction of sp³-hybridized carbons (Fsp3) is 0.909. The van der Waals surface area contributed by atoms with Crippen LogP contribution in [0.5, 0.6) is 0 Å². The number of hydrogen-bond acceptors (Lipinski definition) is 2. The Morgan fingerprint density at radius 3 is 1.62 bits per heavy atom. The summed E-state index contributed by atoms with van der Waals surface area (Å²) in [6.45, 7) is 14.5. The Morgan fingerprint density at radius 1 is 1.15 bits per heavy atom. The average Bonchev–Trinajstić information content (AvgIpc) is 2.20. The molecule has 0 aliphatic carbocycles. The highest BCUT2D eigenvalue weighted by molar-refractivity contribution is 8.13. The summed E-state index contributed by atoms with van der Waals surface area (Å²) in [7, 11) is 1.86. The summed E-state index contributed by atoms with van der Waals surface area (Å²) in [6.07, 6.45) is 0. The first kappa shape index (κ1) is 18.7. The van der Waals surface area contributed by atoms with E-state index in [1.165, 1.54) is 5.04 Å². The van der Waals surface area contributed by atoms with Gasteiger partial charge >= 0.3 is 0 Å². The Kier molecular flexibility index (Phi) is 25.9. The lowest BCUT2D eigenvalue weighted by Gasteiger charge is -2.05. The zero-order chi connectivity index (χ0) is 11.3. The van der Waals surface area contributed by atoms with E-state index in [2.05, 4.69) is 25.8 Å². The van der Waals surface area contributed by atoms with E-state index in [-0.39, 0.29) is 0 Å². The molecule has 0 rings (SSSR count). The molecule has 82 valence electrons. The van der Waals surface area contributed by atoms with Crippen molar-refractivity contribution in [1.29, 1.82) is 0 Å². The Balaban J connectivity index is -0.000000218. The molecule has 0 aromatic heterocycles. The second kappa shape index (κ2) is 17.9. The molecule has 0 aromatic rings. The highest BCUT2D eigenvalue weighted by atomic mass is 32.2. The first-order valence-corrected chi connectivity index (χ1v) is 6.30. The van der Waals surface area contributed by atoms with E-state index >= 15 is 0 Å². The molecule has 0 aromatic carbocycles. The number of aliphatic imine (C=N–C) groups is 1. The van der Waals surface area contributed by atoms with E-state index in [4.69, 9.17) is 0 Å². The third kappa shape index (κ3) is 14.8. The molecule has 0 aliphatic heterocycles. The molecular weight excluding hydrogens is 178 g/mol. The Hall–Kier alpha value is 0.0200. The van der Waals surface area contributed by atoms with Crippen LogP contribution < -0.4 is 0 Å². The van der Waals surface area contributed by atoms with Gasteiger partial charge in [0.25, 0.3) is 0 Å². The Labute approximate surface area is 89.4 Å². The van der Waals surface area contributed by atoms with Crippen molar-refractivity contribution in [3.63, 3.8) is 0 Å². The highest BCUT2D eigenvalue weighted by Gasteiger charge is 2.01. The quantitative estimate of drug-likeness (QED) is 0.478. The normalized spacial score (nSPS) is 9.77. The van der Waals surface area contributed by atoms with Gasteiger partial charge < -0.3 is 0 Å². The maximum atomic E-state index is 4.16. The summed E-state index contributed by atoms with van der Waals surface area (Å²) >= 11 is 1.83. The van der Waals surface area contributed by atoms with Gasteiger partial charge in [-0.2, -0.15) is 0 Å². The fourth-order valence-electron chi connectivity index (χ4n) is 0.637. The van der Waals surface area contributed by atoms with Gasteiger partial charge in [0, 0.05) is 13.0 Å². The van der Waals surface area contributed by atoms with Crippen LogP contribution in [0.15, 0.2) is 4.99 Å². The van der Waals surface area contributed by atoms with Crippen molar-refractivity contribution < 1.29 is 0 Å². The first-order valence-electron chi connectivity index (χ1n) is 5.31. The summed E-state index contributed by atoms with van der Waals surface area (Å²) in [4.78, 5) is 4.16. The third-order valence-corrected chi connectivity index (χ3v) is 2.24. The van der Waals surface area contributed by atoms with Gasteiger partial charge in [0.05, 0.1) is 5.04 Å². The topological polar surface area (TPSA) is 12.4 Å². The van der Waals surface area contributed by atoms with Crippen molar-refractivity contribution in [2.45, 2.75) is 48.5 Å². The number of rotatable bonds is 2. The monoisotopic (exact) mass is 205 g/mol. The van der Waals surface area contributed by atoms with Crippen molar-refractivity contribution in [2.24, 2.45) is 10.9 Å². The fourth-order valence-corrected chi connectivity index (χ4v) is 1.40. The molecule has 0 spiro atoms. The van der Waals surface area contributed by atoms with Crippen LogP contribution in [0.2, 0.25) is 0 Å². The first-order chi connectivity index (χ1) is 6.22. The lowest BCUT2D eigenvalue weighted by Crippen LogP contribution is -2.02. The molecule has 13 heavy (non-hydrogen) atoms. The van der Waals surface area contributed by atoms with Gasteiger partial charge in [0.1, 0.15) is 0 Å². The minimum Gasteiger partial charge on any atom is -0.286 e. The van der Waals surface area contributed by atoms with Crippen LogP contribution in [0.1, 0.15) is 48.5 Å². The van der Waals surface area contributed by atoms with Crippen LogP contribution >= 0.6 is 11.8 Å². The molecule has 0 amide bonds. The molecule has 0 bridgehead atoms. The van der Waals surface area contributed by atoms with Gasteiger partial charge in [0.2, 0.25) is 0 Å². The maximum Gasteiger partial charge on any atom is 0.0697 e. The van der Waals surface area contributed by atoms with Crippen molar-refractivity contribution in [3.8, 4) is 0 Å². The van der Waals surface area contributed by atoms with E-state index in [1.54, 1.807) is 0 Å². The highest BCUT2D eigenvalue weighted by Crippen LogP contribution is 2.11. The van der Waals surface area contributed by atoms with Crippen molar-refractivity contribution in [2.75, 3.05) is 12.8 Å². The molecule has 0 atom stereocenters. The van der Waals surface area contributed by atoms with Crippen LogP contribution in [0.25, 0.3) is 0 Å². The van der Waals surface area contributed by atoms with Gasteiger partial charge in [-0.25, -0.2) is 0 Å². The summed E-state index contributed by atoms with van der Waals surface area (Å²) in [5.74, 6) is 1.73. The van der Waals surface area contributed by atoms with E-state index < -0.39 is 0 Å². The summed E-state index contributed by atoms with van der Waals surface area (Å²) in [5, 5.41) is 1.26. The molecule has 0 unspecified atom stereocenters. The van der Waals surface area contributed by atoms with E-state index in [9.17, 15) is 0 Å². The van der Waals surface area contributed by atoms with Gasteiger partial charge in [-0.15, -0.1) is 11.8 Å². The third-order valence-electron chi connectivity index (χ3n) is 1.01. The SMILES string of the molecule is CC.CC.CCSC(=NC)C(C)C. The second-order valence-corrected chi connectivity index (χ2v) is 3.43. The number of hydrogen-bond donors (Lipinski definition) is 0. The minimum atomic E-state index is 0.597. The van der Waals surface area contributed by atoms with Crippen LogP contribution in [-0.2, 0) is 0 Å². The zero-order valence-corrected chi connectivity index (χ0v) is 11.5. The van der Waals surface area contributed by atoms with Gasteiger partial charge in [-0.1, -0.05) is 48.5 Å². The van der Waals surface area contributed by atoms with Crippen LogP contribution in [0, 0.1) is 5.92 Å². The predicted octanol–water partition coefficient (Wildman–Crippen LogP) is 4.48. The predicted molar refractivity (Wildman–Crippen MR) is 69.0 cm³/mol. The molecule has 2 heteroatoms. The molecule has 0 N–H and O–H groups in total. The van der Waals surface area contributed by atoms with Gasteiger partial charge in [-0.3, -0.25) is 4.99 Å². The average molecular weight is 205 g/mol. The lowest BCUT2D eigenvalue weighted by molar-refractivity contribution is 0.898. The Morgan fingerprint density at radius 2 is 1.54 bits per heavy atom. The number of thioether (sulfide) groups is 1. The minimum absolute atomic E-state index is 0.597. The summed E-state index contributed by atoms with van der Waals surface area (Å²) in [6, 6.07) is 0.